The number of likely N-dealkylation sites (tertiary alicyclic amines) is 1. The van der Waals surface area contributed by atoms with Gasteiger partial charge in [-0.2, -0.15) is 0 Å². The van der Waals surface area contributed by atoms with Crippen LogP contribution in [0.15, 0.2) is 10.8 Å². The molecule has 1 fully saturated rings. The van der Waals surface area contributed by atoms with Gasteiger partial charge in [0, 0.05) is 6.04 Å². The standard InChI is InChI=1S/C9H15N3O/c1-7(2)12-5-3-4-8(12)9-11-10-6-13-9/h6-8H,3-5H2,1-2H3/t8-/m0/s1. The van der Waals surface area contributed by atoms with Crippen molar-refractivity contribution in [1.29, 1.82) is 0 Å². The number of nitrogens with zero attached hydrogens (tertiary/aromatic N) is 3. The Balaban J connectivity index is 2.14. The molecular formula is C9H15N3O. The lowest BCUT2D eigenvalue weighted by Gasteiger charge is -2.25. The van der Waals surface area contributed by atoms with Crippen molar-refractivity contribution in [2.75, 3.05) is 6.54 Å². The van der Waals surface area contributed by atoms with Crippen LogP contribution in [0.25, 0.3) is 0 Å². The molecule has 13 heavy (non-hydrogen) atoms. The Morgan fingerprint density at radius 2 is 2.46 bits per heavy atom. The van der Waals surface area contributed by atoms with Gasteiger partial charge < -0.3 is 4.42 Å². The Bertz CT molecular complexity index is 258. The highest BCUT2D eigenvalue weighted by molar-refractivity contribution is 4.93. The molecule has 0 aromatic carbocycles. The fourth-order valence-electron chi connectivity index (χ4n) is 2.00. The van der Waals surface area contributed by atoms with Crippen molar-refractivity contribution in [3.05, 3.63) is 12.3 Å². The third-order valence-electron chi connectivity index (χ3n) is 2.62. The van der Waals surface area contributed by atoms with E-state index in [1.165, 1.54) is 12.8 Å². The van der Waals surface area contributed by atoms with Gasteiger partial charge in [0.2, 0.25) is 12.3 Å². The normalized spacial score (nSPS) is 24.4. The van der Waals surface area contributed by atoms with E-state index in [1.807, 2.05) is 0 Å². The first kappa shape index (κ1) is 8.69. The molecule has 0 N–H and O–H groups in total. The van der Waals surface area contributed by atoms with Gasteiger partial charge in [0.25, 0.3) is 0 Å². The molecule has 0 saturated carbocycles. The van der Waals surface area contributed by atoms with Gasteiger partial charge in [-0.25, -0.2) is 0 Å². The minimum Gasteiger partial charge on any atom is -0.426 e. The summed E-state index contributed by atoms with van der Waals surface area (Å²) in [6, 6.07) is 0.905. The van der Waals surface area contributed by atoms with Crippen molar-refractivity contribution in [3.8, 4) is 0 Å². The van der Waals surface area contributed by atoms with Crippen LogP contribution < -0.4 is 0 Å². The van der Waals surface area contributed by atoms with Gasteiger partial charge in [-0.3, -0.25) is 4.90 Å². The zero-order valence-corrected chi connectivity index (χ0v) is 8.10. The van der Waals surface area contributed by atoms with Gasteiger partial charge >= 0.3 is 0 Å². The maximum absolute atomic E-state index is 5.23. The molecule has 1 aliphatic rings. The summed E-state index contributed by atoms with van der Waals surface area (Å²) in [5, 5.41) is 7.69. The van der Waals surface area contributed by atoms with E-state index in [0.717, 1.165) is 18.9 Å². The highest BCUT2D eigenvalue weighted by atomic mass is 16.4. The molecule has 2 rings (SSSR count). The van der Waals surface area contributed by atoms with Crippen LogP contribution in [0, 0.1) is 0 Å². The SMILES string of the molecule is CC(C)N1CCC[C@H]1c1nnco1. The molecule has 4 heteroatoms. The molecular weight excluding hydrogens is 166 g/mol. The first-order chi connectivity index (χ1) is 6.29. The predicted molar refractivity (Wildman–Crippen MR) is 48.1 cm³/mol. The smallest absolute Gasteiger partial charge is 0.233 e. The molecule has 72 valence electrons. The summed E-state index contributed by atoms with van der Waals surface area (Å²) in [4.78, 5) is 2.41. The molecule has 2 heterocycles. The van der Waals surface area contributed by atoms with E-state index in [1.54, 1.807) is 0 Å². The van der Waals surface area contributed by atoms with Crippen LogP contribution in [0.1, 0.15) is 38.6 Å². The molecule has 0 spiro atoms. The monoisotopic (exact) mass is 181 g/mol. The fourth-order valence-corrected chi connectivity index (χ4v) is 2.00. The van der Waals surface area contributed by atoms with Crippen molar-refractivity contribution in [2.24, 2.45) is 0 Å². The molecule has 1 atom stereocenters. The molecule has 1 aromatic rings. The minimum atomic E-state index is 0.350. The molecule has 1 aromatic heterocycles. The van der Waals surface area contributed by atoms with E-state index in [9.17, 15) is 0 Å². The Morgan fingerprint density at radius 1 is 1.62 bits per heavy atom. The zero-order chi connectivity index (χ0) is 9.26. The summed E-state index contributed by atoms with van der Waals surface area (Å²) in [5.41, 5.74) is 0. The number of aromatic nitrogens is 2. The zero-order valence-electron chi connectivity index (χ0n) is 8.10. The van der Waals surface area contributed by atoms with Gasteiger partial charge in [0.15, 0.2) is 0 Å². The first-order valence-electron chi connectivity index (χ1n) is 4.81. The van der Waals surface area contributed by atoms with Crippen LogP contribution in [0.5, 0.6) is 0 Å². The van der Waals surface area contributed by atoms with E-state index in [-0.39, 0.29) is 0 Å². The maximum atomic E-state index is 5.23. The van der Waals surface area contributed by atoms with E-state index >= 15 is 0 Å². The van der Waals surface area contributed by atoms with Crippen molar-refractivity contribution in [2.45, 2.75) is 38.8 Å². The third-order valence-corrected chi connectivity index (χ3v) is 2.62. The number of hydrogen-bond acceptors (Lipinski definition) is 4. The van der Waals surface area contributed by atoms with Gasteiger partial charge in [0.1, 0.15) is 0 Å². The van der Waals surface area contributed by atoms with Gasteiger partial charge in [-0.05, 0) is 33.2 Å². The quantitative estimate of drug-likeness (QED) is 0.695. The first-order valence-corrected chi connectivity index (χ1v) is 4.81. The van der Waals surface area contributed by atoms with Crippen molar-refractivity contribution >= 4 is 0 Å². The van der Waals surface area contributed by atoms with Crippen molar-refractivity contribution < 1.29 is 4.42 Å². The Hall–Kier alpha value is -0.900. The second-order valence-corrected chi connectivity index (χ2v) is 3.77. The average molecular weight is 181 g/mol. The minimum absolute atomic E-state index is 0.350. The lowest BCUT2D eigenvalue weighted by molar-refractivity contribution is 0.179. The van der Waals surface area contributed by atoms with Crippen LogP contribution in [0.3, 0.4) is 0 Å². The average Bonchev–Trinajstić information content (AvgIpc) is 2.74. The summed E-state index contributed by atoms with van der Waals surface area (Å²) in [5.74, 6) is 0.770. The second-order valence-electron chi connectivity index (χ2n) is 3.77. The molecule has 0 amide bonds. The summed E-state index contributed by atoms with van der Waals surface area (Å²) in [6.07, 6.45) is 3.78. The molecule has 4 nitrogen and oxygen atoms in total. The molecule has 1 aliphatic heterocycles. The van der Waals surface area contributed by atoms with Crippen LogP contribution in [-0.4, -0.2) is 27.7 Å². The molecule has 0 radical (unpaired) electrons. The Morgan fingerprint density at radius 3 is 3.08 bits per heavy atom. The fraction of sp³-hybridized carbons (Fsp3) is 0.778. The second kappa shape index (κ2) is 3.46. The van der Waals surface area contributed by atoms with E-state index in [0.29, 0.717) is 12.1 Å². The summed E-state index contributed by atoms with van der Waals surface area (Å²) in [7, 11) is 0. The molecule has 0 bridgehead atoms. The lowest BCUT2D eigenvalue weighted by Crippen LogP contribution is -2.30. The van der Waals surface area contributed by atoms with E-state index in [4.69, 9.17) is 4.42 Å². The van der Waals surface area contributed by atoms with Crippen molar-refractivity contribution in [3.63, 3.8) is 0 Å². The van der Waals surface area contributed by atoms with Crippen LogP contribution >= 0.6 is 0 Å². The Kier molecular flexibility index (Phi) is 2.31. The van der Waals surface area contributed by atoms with Crippen molar-refractivity contribution in [1.82, 2.24) is 15.1 Å². The number of hydrogen-bond donors (Lipinski definition) is 0. The largest absolute Gasteiger partial charge is 0.426 e. The van der Waals surface area contributed by atoms with E-state index in [2.05, 4.69) is 28.9 Å². The molecule has 0 aliphatic carbocycles. The van der Waals surface area contributed by atoms with Gasteiger partial charge in [0.05, 0.1) is 6.04 Å². The van der Waals surface area contributed by atoms with Crippen LogP contribution in [0.4, 0.5) is 0 Å². The van der Waals surface area contributed by atoms with E-state index < -0.39 is 0 Å². The number of rotatable bonds is 2. The van der Waals surface area contributed by atoms with Gasteiger partial charge in [-0.15, -0.1) is 10.2 Å². The predicted octanol–water partition coefficient (Wildman–Crippen LogP) is 1.61. The highest BCUT2D eigenvalue weighted by Gasteiger charge is 2.31. The van der Waals surface area contributed by atoms with Crippen LogP contribution in [0.2, 0.25) is 0 Å². The summed E-state index contributed by atoms with van der Waals surface area (Å²) in [6.45, 7) is 5.55. The highest BCUT2D eigenvalue weighted by Crippen LogP contribution is 2.31. The summed E-state index contributed by atoms with van der Waals surface area (Å²) >= 11 is 0. The van der Waals surface area contributed by atoms with Gasteiger partial charge in [-0.1, -0.05) is 0 Å². The molecule has 0 unspecified atom stereocenters. The molecule has 1 saturated heterocycles. The van der Waals surface area contributed by atoms with Crippen LogP contribution in [-0.2, 0) is 0 Å². The topological polar surface area (TPSA) is 42.2 Å². The Labute approximate surface area is 77.9 Å². The lowest BCUT2D eigenvalue weighted by atomic mass is 10.2. The third kappa shape index (κ3) is 1.58. The summed E-state index contributed by atoms with van der Waals surface area (Å²) < 4.78 is 5.23. The maximum Gasteiger partial charge on any atom is 0.233 e.